The number of unbranched alkanes of at least 4 members (excludes halogenated alkanes) is 1. The fraction of sp³-hybridized carbons (Fsp3) is 0.278. The Balaban J connectivity index is 2.16. The number of amides is 1. The number of carbonyl (C=O) groups is 1. The Hall–Kier alpha value is -2.09. The summed E-state index contributed by atoms with van der Waals surface area (Å²) in [4.78, 5) is 12.5. The number of halogens is 1. The van der Waals surface area contributed by atoms with Gasteiger partial charge in [-0.1, -0.05) is 31.0 Å². The van der Waals surface area contributed by atoms with Gasteiger partial charge in [-0.2, -0.15) is 0 Å². The van der Waals surface area contributed by atoms with E-state index in [1.807, 2.05) is 6.92 Å². The normalized spacial score (nSPS) is 11.2. The van der Waals surface area contributed by atoms with Gasteiger partial charge in [0.1, 0.15) is 5.75 Å². The Kier molecular flexibility index (Phi) is 7.02. The highest BCUT2D eigenvalue weighted by atomic mass is 35.5. The summed E-state index contributed by atoms with van der Waals surface area (Å²) in [5, 5.41) is 3.05. The maximum absolute atomic E-state index is 12.4. The van der Waals surface area contributed by atoms with E-state index in [0.717, 1.165) is 12.8 Å². The molecular formula is C18H21ClN2O4S. The molecule has 6 nitrogen and oxygen atoms in total. The molecule has 1 amide bonds. The predicted octanol–water partition coefficient (Wildman–Crippen LogP) is 3.68. The third-order valence-electron chi connectivity index (χ3n) is 3.64. The first kappa shape index (κ1) is 20.2. The number of benzene rings is 2. The van der Waals surface area contributed by atoms with Crippen molar-refractivity contribution in [1.29, 1.82) is 0 Å². The third kappa shape index (κ3) is 5.20. The summed E-state index contributed by atoms with van der Waals surface area (Å²) in [6.07, 6.45) is 1.63. The van der Waals surface area contributed by atoms with E-state index >= 15 is 0 Å². The molecule has 0 aromatic heterocycles. The number of methoxy groups -OCH3 is 1. The summed E-state index contributed by atoms with van der Waals surface area (Å²) in [6.45, 7) is 2.34. The van der Waals surface area contributed by atoms with Gasteiger partial charge in [-0.3, -0.25) is 4.79 Å². The lowest BCUT2D eigenvalue weighted by Gasteiger charge is -2.10. The summed E-state index contributed by atoms with van der Waals surface area (Å²) >= 11 is 6.04. The van der Waals surface area contributed by atoms with E-state index in [4.69, 9.17) is 16.3 Å². The van der Waals surface area contributed by atoms with E-state index in [0.29, 0.717) is 23.0 Å². The van der Waals surface area contributed by atoms with Crippen molar-refractivity contribution in [3.05, 3.63) is 53.1 Å². The number of hydrogen-bond acceptors (Lipinski definition) is 4. The first-order valence-corrected chi connectivity index (χ1v) is 9.98. The van der Waals surface area contributed by atoms with E-state index in [2.05, 4.69) is 10.0 Å². The largest absolute Gasteiger partial charge is 0.495 e. The van der Waals surface area contributed by atoms with Crippen LogP contribution in [-0.2, 0) is 10.0 Å². The van der Waals surface area contributed by atoms with E-state index in [1.54, 1.807) is 24.3 Å². The standard InChI is InChI=1S/C18H21ClN2O4S/c1-3-4-10-20-26(23,24)15-7-5-6-13(11-15)18(22)21-14-8-9-17(25-2)16(19)12-14/h5-9,11-12,20H,3-4,10H2,1-2H3,(H,21,22). The molecule has 26 heavy (non-hydrogen) atoms. The number of carbonyl (C=O) groups excluding carboxylic acids is 1. The van der Waals surface area contributed by atoms with Gasteiger partial charge in [-0.15, -0.1) is 0 Å². The minimum absolute atomic E-state index is 0.0500. The van der Waals surface area contributed by atoms with Gasteiger partial charge < -0.3 is 10.1 Å². The molecule has 0 saturated heterocycles. The first-order chi connectivity index (χ1) is 12.4. The molecule has 8 heteroatoms. The minimum Gasteiger partial charge on any atom is -0.495 e. The Labute approximate surface area is 158 Å². The average Bonchev–Trinajstić information content (AvgIpc) is 2.62. The molecule has 2 aromatic rings. The van der Waals surface area contributed by atoms with E-state index in [-0.39, 0.29) is 10.5 Å². The number of hydrogen-bond donors (Lipinski definition) is 2. The molecule has 140 valence electrons. The average molecular weight is 397 g/mol. The van der Waals surface area contributed by atoms with Crippen molar-refractivity contribution in [3.63, 3.8) is 0 Å². The summed E-state index contributed by atoms with van der Waals surface area (Å²) < 4.78 is 32.1. The van der Waals surface area contributed by atoms with Crippen LogP contribution in [0.4, 0.5) is 5.69 Å². The summed E-state index contributed by atoms with van der Waals surface area (Å²) in [6, 6.07) is 10.7. The van der Waals surface area contributed by atoms with Crippen LogP contribution in [0.2, 0.25) is 5.02 Å². The Morgan fingerprint density at radius 2 is 1.96 bits per heavy atom. The van der Waals surface area contributed by atoms with Crippen molar-refractivity contribution in [2.75, 3.05) is 19.0 Å². The Bertz CT molecular complexity index is 885. The third-order valence-corrected chi connectivity index (χ3v) is 5.39. The van der Waals surface area contributed by atoms with Crippen molar-refractivity contribution in [2.24, 2.45) is 0 Å². The lowest BCUT2D eigenvalue weighted by molar-refractivity contribution is 0.102. The lowest BCUT2D eigenvalue weighted by Crippen LogP contribution is -2.25. The highest BCUT2D eigenvalue weighted by Crippen LogP contribution is 2.27. The second kappa shape index (κ2) is 9.02. The molecule has 2 aromatic carbocycles. The van der Waals surface area contributed by atoms with Gasteiger partial charge in [-0.25, -0.2) is 13.1 Å². The lowest BCUT2D eigenvalue weighted by atomic mass is 10.2. The molecule has 2 N–H and O–H groups in total. The maximum Gasteiger partial charge on any atom is 0.255 e. The predicted molar refractivity (Wildman–Crippen MR) is 102 cm³/mol. The van der Waals surface area contributed by atoms with Gasteiger partial charge in [0.2, 0.25) is 10.0 Å². The Morgan fingerprint density at radius 3 is 2.62 bits per heavy atom. The fourth-order valence-electron chi connectivity index (χ4n) is 2.22. The van der Waals surface area contributed by atoms with Gasteiger partial charge in [-0.05, 0) is 42.8 Å². The zero-order chi connectivity index (χ0) is 19.2. The van der Waals surface area contributed by atoms with E-state index in [1.165, 1.54) is 25.3 Å². The number of ether oxygens (including phenoxy) is 1. The molecular weight excluding hydrogens is 376 g/mol. The van der Waals surface area contributed by atoms with Crippen LogP contribution >= 0.6 is 11.6 Å². The zero-order valence-corrected chi connectivity index (χ0v) is 16.2. The van der Waals surface area contributed by atoms with Gasteiger partial charge in [0.05, 0.1) is 17.0 Å². The van der Waals surface area contributed by atoms with Crippen LogP contribution in [-0.4, -0.2) is 28.0 Å². The molecule has 0 unspecified atom stereocenters. The van der Waals surface area contributed by atoms with Gasteiger partial charge in [0.25, 0.3) is 5.91 Å². The van der Waals surface area contributed by atoms with Gasteiger partial charge in [0.15, 0.2) is 0 Å². The highest BCUT2D eigenvalue weighted by molar-refractivity contribution is 7.89. The number of nitrogens with one attached hydrogen (secondary N) is 2. The van der Waals surface area contributed by atoms with Crippen molar-refractivity contribution >= 4 is 33.2 Å². The quantitative estimate of drug-likeness (QED) is 0.666. The van der Waals surface area contributed by atoms with Crippen LogP contribution in [0.15, 0.2) is 47.4 Å². The highest BCUT2D eigenvalue weighted by Gasteiger charge is 2.16. The molecule has 0 bridgehead atoms. The number of rotatable bonds is 8. The first-order valence-electron chi connectivity index (χ1n) is 8.12. The van der Waals surface area contributed by atoms with Crippen molar-refractivity contribution in [1.82, 2.24) is 4.72 Å². The SMILES string of the molecule is CCCCNS(=O)(=O)c1cccc(C(=O)Nc2ccc(OC)c(Cl)c2)c1. The Morgan fingerprint density at radius 1 is 1.19 bits per heavy atom. The molecule has 0 spiro atoms. The molecule has 0 fully saturated rings. The minimum atomic E-state index is -3.64. The molecule has 0 saturated carbocycles. The summed E-state index contributed by atoms with van der Waals surface area (Å²) in [7, 11) is -2.14. The molecule has 0 atom stereocenters. The summed E-state index contributed by atoms with van der Waals surface area (Å²) in [5.74, 6) is 0.0627. The second-order valence-electron chi connectivity index (χ2n) is 5.58. The van der Waals surface area contributed by atoms with Gasteiger partial charge in [0, 0.05) is 17.8 Å². The van der Waals surface area contributed by atoms with E-state index < -0.39 is 15.9 Å². The summed E-state index contributed by atoms with van der Waals surface area (Å²) in [5.41, 5.74) is 0.713. The maximum atomic E-state index is 12.4. The molecule has 0 heterocycles. The molecule has 2 rings (SSSR count). The van der Waals surface area contributed by atoms with Crippen LogP contribution in [0.25, 0.3) is 0 Å². The van der Waals surface area contributed by atoms with Crippen molar-refractivity contribution < 1.29 is 17.9 Å². The smallest absolute Gasteiger partial charge is 0.255 e. The van der Waals surface area contributed by atoms with Crippen LogP contribution in [0, 0.1) is 0 Å². The van der Waals surface area contributed by atoms with Crippen molar-refractivity contribution in [3.8, 4) is 5.75 Å². The van der Waals surface area contributed by atoms with Crippen molar-refractivity contribution in [2.45, 2.75) is 24.7 Å². The molecule has 0 aliphatic rings. The number of anilines is 1. The monoisotopic (exact) mass is 396 g/mol. The molecule has 0 radical (unpaired) electrons. The topological polar surface area (TPSA) is 84.5 Å². The van der Waals surface area contributed by atoms with Gasteiger partial charge >= 0.3 is 0 Å². The van der Waals surface area contributed by atoms with Crippen LogP contribution < -0.4 is 14.8 Å². The van der Waals surface area contributed by atoms with E-state index in [9.17, 15) is 13.2 Å². The van der Waals surface area contributed by atoms with Crippen LogP contribution in [0.3, 0.4) is 0 Å². The van der Waals surface area contributed by atoms with Crippen LogP contribution in [0.5, 0.6) is 5.75 Å². The fourth-order valence-corrected chi connectivity index (χ4v) is 3.60. The zero-order valence-electron chi connectivity index (χ0n) is 14.6. The molecule has 0 aliphatic carbocycles. The second-order valence-corrected chi connectivity index (χ2v) is 7.76. The number of sulfonamides is 1. The molecule has 0 aliphatic heterocycles. The van der Waals surface area contributed by atoms with Crippen LogP contribution in [0.1, 0.15) is 30.1 Å².